The topological polar surface area (TPSA) is 65.6 Å². The van der Waals surface area contributed by atoms with Crippen LogP contribution in [0.1, 0.15) is 16.1 Å². The summed E-state index contributed by atoms with van der Waals surface area (Å²) in [6.45, 7) is 2.09. The van der Waals surface area contributed by atoms with E-state index in [1.807, 2.05) is 0 Å². The Morgan fingerprint density at radius 1 is 1.16 bits per heavy atom. The highest BCUT2D eigenvalue weighted by atomic mass is 35.5. The Hall–Kier alpha value is -2.47. The fourth-order valence-corrected chi connectivity index (χ4v) is 3.15. The Labute approximate surface area is 151 Å². The molecule has 0 aliphatic carbocycles. The van der Waals surface area contributed by atoms with E-state index in [2.05, 4.69) is 4.98 Å². The highest BCUT2D eigenvalue weighted by molar-refractivity contribution is 6.30. The third kappa shape index (κ3) is 3.96. The van der Waals surface area contributed by atoms with Gasteiger partial charge in [-0.3, -0.25) is 9.59 Å². The molecular formula is C18H20ClN3O3. The van der Waals surface area contributed by atoms with Gasteiger partial charge in [0, 0.05) is 43.0 Å². The highest BCUT2D eigenvalue weighted by Crippen LogP contribution is 2.23. The molecule has 3 rings (SSSR count). The van der Waals surface area contributed by atoms with E-state index in [9.17, 15) is 9.59 Å². The molecule has 2 heterocycles. The first kappa shape index (κ1) is 17.4. The SMILES string of the molecule is COc1ccc(Cl)cc1CC(=O)N1CCN(C(=O)c2ccc[nH]2)CC1. The molecular weight excluding hydrogens is 342 g/mol. The summed E-state index contributed by atoms with van der Waals surface area (Å²) in [4.78, 5) is 31.3. The number of rotatable bonds is 4. The van der Waals surface area contributed by atoms with E-state index in [0.29, 0.717) is 42.6 Å². The van der Waals surface area contributed by atoms with E-state index in [0.717, 1.165) is 5.56 Å². The van der Waals surface area contributed by atoms with Gasteiger partial charge in [-0.05, 0) is 30.3 Å². The summed E-state index contributed by atoms with van der Waals surface area (Å²) in [6.07, 6.45) is 1.96. The van der Waals surface area contributed by atoms with Crippen molar-refractivity contribution >= 4 is 23.4 Å². The summed E-state index contributed by atoms with van der Waals surface area (Å²) in [5.41, 5.74) is 1.34. The Morgan fingerprint density at radius 2 is 1.88 bits per heavy atom. The quantitative estimate of drug-likeness (QED) is 0.908. The number of carbonyl (C=O) groups is 2. The number of benzene rings is 1. The third-order valence-electron chi connectivity index (χ3n) is 4.33. The first-order chi connectivity index (χ1) is 12.1. The van der Waals surface area contributed by atoms with Crippen LogP contribution >= 0.6 is 11.6 Å². The number of nitrogens with zero attached hydrogens (tertiary/aromatic N) is 2. The summed E-state index contributed by atoms with van der Waals surface area (Å²) in [5, 5.41) is 0.574. The third-order valence-corrected chi connectivity index (χ3v) is 4.57. The minimum absolute atomic E-state index is 0.00698. The van der Waals surface area contributed by atoms with E-state index in [4.69, 9.17) is 16.3 Å². The normalized spacial score (nSPS) is 14.5. The molecule has 7 heteroatoms. The number of carbonyl (C=O) groups excluding carboxylic acids is 2. The molecule has 1 aromatic heterocycles. The van der Waals surface area contributed by atoms with E-state index in [1.165, 1.54) is 0 Å². The molecule has 1 fully saturated rings. The van der Waals surface area contributed by atoms with E-state index >= 15 is 0 Å². The smallest absolute Gasteiger partial charge is 0.270 e. The van der Waals surface area contributed by atoms with Crippen LogP contribution < -0.4 is 4.74 Å². The molecule has 0 spiro atoms. The van der Waals surface area contributed by atoms with Gasteiger partial charge in [0.2, 0.25) is 5.91 Å². The van der Waals surface area contributed by atoms with Crippen LogP contribution in [-0.2, 0) is 11.2 Å². The molecule has 1 N–H and O–H groups in total. The van der Waals surface area contributed by atoms with Crippen molar-refractivity contribution in [1.29, 1.82) is 0 Å². The molecule has 1 aliphatic heterocycles. The zero-order valence-electron chi connectivity index (χ0n) is 14.0. The number of methoxy groups -OCH3 is 1. The minimum atomic E-state index is -0.0337. The number of hydrogen-bond donors (Lipinski definition) is 1. The maximum Gasteiger partial charge on any atom is 0.270 e. The van der Waals surface area contributed by atoms with Crippen molar-refractivity contribution < 1.29 is 14.3 Å². The summed E-state index contributed by atoms with van der Waals surface area (Å²) in [5.74, 6) is 0.624. The number of ether oxygens (including phenoxy) is 1. The Morgan fingerprint density at radius 3 is 2.52 bits per heavy atom. The molecule has 2 aromatic rings. The van der Waals surface area contributed by atoms with Crippen LogP contribution in [-0.4, -0.2) is 59.9 Å². The lowest BCUT2D eigenvalue weighted by Crippen LogP contribution is -2.51. The van der Waals surface area contributed by atoms with Crippen molar-refractivity contribution in [3.05, 3.63) is 52.8 Å². The molecule has 132 valence electrons. The second-order valence-corrected chi connectivity index (χ2v) is 6.33. The summed E-state index contributed by atoms with van der Waals surface area (Å²) in [7, 11) is 1.57. The van der Waals surface area contributed by atoms with Crippen molar-refractivity contribution in [3.63, 3.8) is 0 Å². The van der Waals surface area contributed by atoms with E-state index in [-0.39, 0.29) is 18.2 Å². The molecule has 0 radical (unpaired) electrons. The summed E-state index contributed by atoms with van der Waals surface area (Å²) in [6, 6.07) is 8.80. The van der Waals surface area contributed by atoms with Gasteiger partial charge in [-0.2, -0.15) is 0 Å². The van der Waals surface area contributed by atoms with Crippen molar-refractivity contribution in [2.45, 2.75) is 6.42 Å². The zero-order chi connectivity index (χ0) is 17.8. The van der Waals surface area contributed by atoms with Crippen molar-refractivity contribution in [2.24, 2.45) is 0 Å². The molecule has 1 aliphatic rings. The first-order valence-electron chi connectivity index (χ1n) is 8.11. The van der Waals surface area contributed by atoms with Crippen molar-refractivity contribution in [3.8, 4) is 5.75 Å². The van der Waals surface area contributed by atoms with E-state index < -0.39 is 0 Å². The lowest BCUT2D eigenvalue weighted by molar-refractivity contribution is -0.131. The average molecular weight is 362 g/mol. The van der Waals surface area contributed by atoms with E-state index in [1.54, 1.807) is 53.4 Å². The largest absolute Gasteiger partial charge is 0.496 e. The monoisotopic (exact) mass is 361 g/mol. The lowest BCUT2D eigenvalue weighted by atomic mass is 10.1. The van der Waals surface area contributed by atoms with Gasteiger partial charge in [0.15, 0.2) is 0 Å². The highest BCUT2D eigenvalue weighted by Gasteiger charge is 2.25. The molecule has 1 saturated heterocycles. The van der Waals surface area contributed by atoms with Crippen LogP contribution in [0.5, 0.6) is 5.75 Å². The van der Waals surface area contributed by atoms with Crippen LogP contribution in [0, 0.1) is 0 Å². The fraction of sp³-hybridized carbons (Fsp3) is 0.333. The molecule has 0 unspecified atom stereocenters. The number of aromatic nitrogens is 1. The van der Waals surface area contributed by atoms with Crippen molar-refractivity contribution in [2.75, 3.05) is 33.3 Å². The van der Waals surface area contributed by atoms with Gasteiger partial charge >= 0.3 is 0 Å². The van der Waals surface area contributed by atoms with Crippen LogP contribution in [0.2, 0.25) is 5.02 Å². The average Bonchev–Trinajstić information content (AvgIpc) is 3.16. The summed E-state index contributed by atoms with van der Waals surface area (Å²) < 4.78 is 5.29. The lowest BCUT2D eigenvalue weighted by Gasteiger charge is -2.34. The second-order valence-electron chi connectivity index (χ2n) is 5.89. The molecule has 0 saturated carbocycles. The van der Waals surface area contributed by atoms with Crippen LogP contribution in [0.15, 0.2) is 36.5 Å². The Balaban J connectivity index is 1.59. The van der Waals surface area contributed by atoms with Gasteiger partial charge in [-0.1, -0.05) is 11.6 Å². The number of amides is 2. The van der Waals surface area contributed by atoms with Gasteiger partial charge in [0.1, 0.15) is 11.4 Å². The number of nitrogens with one attached hydrogen (secondary N) is 1. The van der Waals surface area contributed by atoms with Crippen molar-refractivity contribution in [1.82, 2.24) is 14.8 Å². The Bertz CT molecular complexity index is 753. The van der Waals surface area contributed by atoms with Crippen LogP contribution in [0.3, 0.4) is 0 Å². The van der Waals surface area contributed by atoms with Gasteiger partial charge in [-0.15, -0.1) is 0 Å². The summed E-state index contributed by atoms with van der Waals surface area (Å²) >= 11 is 6.02. The number of piperazine rings is 1. The zero-order valence-corrected chi connectivity index (χ0v) is 14.8. The molecule has 2 amide bonds. The first-order valence-corrected chi connectivity index (χ1v) is 8.49. The number of aromatic amines is 1. The number of halogens is 1. The standard InChI is InChI=1S/C18H20ClN3O3/c1-25-16-5-4-14(19)11-13(16)12-17(23)21-7-9-22(10-8-21)18(24)15-3-2-6-20-15/h2-6,11,20H,7-10,12H2,1H3. The Kier molecular flexibility index (Phi) is 5.28. The fourth-order valence-electron chi connectivity index (χ4n) is 2.95. The molecule has 1 aromatic carbocycles. The van der Waals surface area contributed by atoms with Crippen LogP contribution in [0.4, 0.5) is 0 Å². The maximum atomic E-state index is 12.6. The molecule has 6 nitrogen and oxygen atoms in total. The van der Waals surface area contributed by atoms with Gasteiger partial charge in [0.25, 0.3) is 5.91 Å². The maximum absolute atomic E-state index is 12.6. The molecule has 0 bridgehead atoms. The number of H-pyrrole nitrogens is 1. The van der Waals surface area contributed by atoms with Gasteiger partial charge in [-0.25, -0.2) is 0 Å². The predicted octanol–water partition coefficient (Wildman–Crippen LogP) is 2.20. The van der Waals surface area contributed by atoms with Crippen LogP contribution in [0.25, 0.3) is 0 Å². The second kappa shape index (κ2) is 7.61. The molecule has 0 atom stereocenters. The predicted molar refractivity (Wildman–Crippen MR) is 95.0 cm³/mol. The van der Waals surface area contributed by atoms with Gasteiger partial charge in [0.05, 0.1) is 13.5 Å². The van der Waals surface area contributed by atoms with Gasteiger partial charge < -0.3 is 19.5 Å². The minimum Gasteiger partial charge on any atom is -0.496 e. The number of hydrogen-bond acceptors (Lipinski definition) is 3. The molecule has 25 heavy (non-hydrogen) atoms.